The summed E-state index contributed by atoms with van der Waals surface area (Å²) >= 11 is 0. The summed E-state index contributed by atoms with van der Waals surface area (Å²) in [5.74, 6) is 0. The summed E-state index contributed by atoms with van der Waals surface area (Å²) in [6.07, 6.45) is 1.07. The molecule has 0 unspecified atom stereocenters. The van der Waals surface area contributed by atoms with Crippen LogP contribution in [0.5, 0.6) is 0 Å². The molecule has 3 atom stereocenters. The zero-order valence-electron chi connectivity index (χ0n) is 24.1. The molecule has 0 aliphatic carbocycles. The lowest BCUT2D eigenvalue weighted by atomic mass is 9.92. The van der Waals surface area contributed by atoms with Crippen LogP contribution in [0.2, 0.25) is 0 Å². The van der Waals surface area contributed by atoms with Crippen molar-refractivity contribution in [1.82, 2.24) is 9.80 Å². The number of nitrogens with zero attached hydrogens (tertiary/aromatic N) is 2. The van der Waals surface area contributed by atoms with E-state index in [1.54, 1.807) is 0 Å². The zero-order chi connectivity index (χ0) is 28.0. The average Bonchev–Trinajstić information content (AvgIpc) is 3.22. The standard InChI is InChI=1S/C34H44N2O3/c1-33(2,3)39-32(38)36-29(21-22-34(36,4)5)31(37)30(23-26-15-9-6-10-16-26)35(24-27-17-11-7-12-18-27)25-28-19-13-8-14-20-28/h6-20,29-31,37H,21-25H2,1-5H3/t29-,30+,31-/m1/s1. The first kappa shape index (κ1) is 28.8. The number of ether oxygens (including phenoxy) is 1. The second kappa shape index (κ2) is 12.4. The molecule has 3 aromatic rings. The van der Waals surface area contributed by atoms with Gasteiger partial charge >= 0.3 is 6.09 Å². The van der Waals surface area contributed by atoms with E-state index in [4.69, 9.17) is 4.74 Å². The number of aliphatic hydroxyl groups excluding tert-OH is 1. The number of carbonyl (C=O) groups excluding carboxylic acids is 1. The predicted molar refractivity (Wildman–Crippen MR) is 157 cm³/mol. The minimum atomic E-state index is -0.771. The highest BCUT2D eigenvalue weighted by Gasteiger charge is 2.49. The van der Waals surface area contributed by atoms with Crippen molar-refractivity contribution in [3.05, 3.63) is 108 Å². The van der Waals surface area contributed by atoms with E-state index in [1.807, 2.05) is 56.0 Å². The van der Waals surface area contributed by atoms with Crippen LogP contribution in [0.4, 0.5) is 4.79 Å². The minimum absolute atomic E-state index is 0.225. The van der Waals surface area contributed by atoms with Gasteiger partial charge in [-0.25, -0.2) is 4.79 Å². The van der Waals surface area contributed by atoms with Gasteiger partial charge in [-0.1, -0.05) is 91.0 Å². The zero-order valence-corrected chi connectivity index (χ0v) is 24.1. The molecule has 0 aromatic heterocycles. The molecule has 1 heterocycles. The van der Waals surface area contributed by atoms with E-state index in [2.05, 4.69) is 79.4 Å². The Kier molecular flexibility index (Phi) is 9.14. The van der Waals surface area contributed by atoms with Crippen molar-refractivity contribution < 1.29 is 14.6 Å². The fourth-order valence-electron chi connectivity index (χ4n) is 5.72. The summed E-state index contributed by atoms with van der Waals surface area (Å²) in [6, 6.07) is 30.6. The van der Waals surface area contributed by atoms with Gasteiger partial charge in [-0.05, 0) is 70.6 Å². The van der Waals surface area contributed by atoms with Crippen molar-refractivity contribution in [2.45, 2.75) is 96.3 Å². The molecule has 3 aromatic carbocycles. The van der Waals surface area contributed by atoms with E-state index in [0.29, 0.717) is 19.5 Å². The first-order chi connectivity index (χ1) is 18.5. The maximum Gasteiger partial charge on any atom is 0.411 e. The summed E-state index contributed by atoms with van der Waals surface area (Å²) in [5.41, 5.74) is 2.52. The minimum Gasteiger partial charge on any atom is -0.444 e. The Morgan fingerprint density at radius 1 is 0.897 bits per heavy atom. The molecule has 5 heteroatoms. The lowest BCUT2D eigenvalue weighted by Crippen LogP contribution is -2.58. The lowest BCUT2D eigenvalue weighted by molar-refractivity contribution is -0.0415. The first-order valence-electron chi connectivity index (χ1n) is 14.1. The molecule has 39 heavy (non-hydrogen) atoms. The van der Waals surface area contributed by atoms with E-state index in [-0.39, 0.29) is 18.2 Å². The Labute approximate surface area is 234 Å². The van der Waals surface area contributed by atoms with E-state index in [9.17, 15) is 9.90 Å². The molecule has 0 spiro atoms. The van der Waals surface area contributed by atoms with Crippen LogP contribution in [0.3, 0.4) is 0 Å². The maximum absolute atomic E-state index is 13.5. The van der Waals surface area contributed by atoms with Gasteiger partial charge in [-0.3, -0.25) is 9.80 Å². The van der Waals surface area contributed by atoms with Crippen LogP contribution >= 0.6 is 0 Å². The Balaban J connectivity index is 1.72. The van der Waals surface area contributed by atoms with Gasteiger partial charge in [0.05, 0.1) is 12.1 Å². The van der Waals surface area contributed by atoms with Crippen molar-refractivity contribution in [2.24, 2.45) is 0 Å². The lowest BCUT2D eigenvalue weighted by Gasteiger charge is -2.43. The third kappa shape index (κ3) is 7.71. The fraction of sp³-hybridized carbons (Fsp3) is 0.441. The van der Waals surface area contributed by atoms with Crippen LogP contribution in [0.15, 0.2) is 91.0 Å². The molecule has 4 rings (SSSR count). The Hall–Kier alpha value is -3.15. The average molecular weight is 529 g/mol. The molecule has 1 amide bonds. The number of carbonyl (C=O) groups is 1. The number of benzene rings is 3. The van der Waals surface area contributed by atoms with Crippen LogP contribution in [0.25, 0.3) is 0 Å². The fourth-order valence-corrected chi connectivity index (χ4v) is 5.72. The number of hydrogen-bond donors (Lipinski definition) is 1. The first-order valence-corrected chi connectivity index (χ1v) is 14.1. The molecule has 1 saturated heterocycles. The van der Waals surface area contributed by atoms with Gasteiger partial charge in [0.15, 0.2) is 0 Å². The van der Waals surface area contributed by atoms with Crippen molar-refractivity contribution in [3.63, 3.8) is 0 Å². The van der Waals surface area contributed by atoms with Crippen LogP contribution in [0.1, 0.15) is 64.2 Å². The van der Waals surface area contributed by atoms with Crippen LogP contribution in [-0.4, -0.2) is 50.3 Å². The van der Waals surface area contributed by atoms with Crippen molar-refractivity contribution >= 4 is 6.09 Å². The van der Waals surface area contributed by atoms with E-state index in [0.717, 1.165) is 18.4 Å². The summed E-state index contributed by atoms with van der Waals surface area (Å²) in [4.78, 5) is 17.7. The number of aliphatic hydroxyl groups is 1. The van der Waals surface area contributed by atoms with Crippen molar-refractivity contribution in [3.8, 4) is 0 Å². The quantitative estimate of drug-likeness (QED) is 0.330. The molecule has 0 radical (unpaired) electrons. The predicted octanol–water partition coefficient (Wildman–Crippen LogP) is 6.84. The van der Waals surface area contributed by atoms with Crippen LogP contribution < -0.4 is 0 Å². The monoisotopic (exact) mass is 528 g/mol. The SMILES string of the molecule is CC(C)(C)OC(=O)N1[C@@H]([C@@H](O)[C@H](Cc2ccccc2)N(Cc2ccccc2)Cc2ccccc2)CCC1(C)C. The molecule has 208 valence electrons. The van der Waals surface area contributed by atoms with E-state index >= 15 is 0 Å². The maximum atomic E-state index is 13.5. The molecule has 5 nitrogen and oxygen atoms in total. The highest BCUT2D eigenvalue weighted by Crippen LogP contribution is 2.38. The molecule has 1 fully saturated rings. The molecule has 0 bridgehead atoms. The topological polar surface area (TPSA) is 53.0 Å². The third-order valence-corrected chi connectivity index (χ3v) is 7.63. The second-order valence-electron chi connectivity index (χ2n) is 12.4. The molecular formula is C34H44N2O3. The molecular weight excluding hydrogens is 484 g/mol. The Bertz CT molecular complexity index is 1130. The van der Waals surface area contributed by atoms with Gasteiger partial charge in [0.25, 0.3) is 0 Å². The number of likely N-dealkylation sites (tertiary alicyclic amines) is 1. The second-order valence-corrected chi connectivity index (χ2v) is 12.4. The Morgan fingerprint density at radius 2 is 1.36 bits per heavy atom. The van der Waals surface area contributed by atoms with Gasteiger partial charge in [0.2, 0.25) is 0 Å². The largest absolute Gasteiger partial charge is 0.444 e. The summed E-state index contributed by atoms with van der Waals surface area (Å²) in [7, 11) is 0. The number of rotatable bonds is 9. The number of hydrogen-bond acceptors (Lipinski definition) is 4. The number of amides is 1. The van der Waals surface area contributed by atoms with Gasteiger partial charge in [0.1, 0.15) is 5.60 Å². The molecule has 0 saturated carbocycles. The Morgan fingerprint density at radius 3 is 1.82 bits per heavy atom. The molecule has 1 aliphatic rings. The van der Waals surface area contributed by atoms with Gasteiger partial charge in [-0.15, -0.1) is 0 Å². The van der Waals surface area contributed by atoms with Crippen LogP contribution in [0, 0.1) is 0 Å². The summed E-state index contributed by atoms with van der Waals surface area (Å²) in [6.45, 7) is 11.2. The molecule has 1 aliphatic heterocycles. The highest BCUT2D eigenvalue weighted by molar-refractivity contribution is 5.70. The third-order valence-electron chi connectivity index (χ3n) is 7.63. The van der Waals surface area contributed by atoms with Gasteiger partial charge < -0.3 is 9.84 Å². The van der Waals surface area contributed by atoms with Crippen LogP contribution in [-0.2, 0) is 24.2 Å². The summed E-state index contributed by atoms with van der Waals surface area (Å²) < 4.78 is 5.85. The normalized spacial score (nSPS) is 18.6. The summed E-state index contributed by atoms with van der Waals surface area (Å²) in [5, 5.41) is 12.3. The van der Waals surface area contributed by atoms with E-state index in [1.165, 1.54) is 11.1 Å². The van der Waals surface area contributed by atoms with Crippen molar-refractivity contribution in [1.29, 1.82) is 0 Å². The van der Waals surface area contributed by atoms with Gasteiger partial charge in [-0.2, -0.15) is 0 Å². The van der Waals surface area contributed by atoms with Crippen molar-refractivity contribution in [2.75, 3.05) is 0 Å². The van der Waals surface area contributed by atoms with E-state index < -0.39 is 17.2 Å². The highest BCUT2D eigenvalue weighted by atomic mass is 16.6. The van der Waals surface area contributed by atoms with Gasteiger partial charge in [0, 0.05) is 24.7 Å². The smallest absolute Gasteiger partial charge is 0.411 e. The molecule has 1 N–H and O–H groups in total.